The van der Waals surface area contributed by atoms with E-state index >= 15 is 0 Å². The second-order valence-electron chi connectivity index (χ2n) is 9.76. The molecule has 0 radical (unpaired) electrons. The summed E-state index contributed by atoms with van der Waals surface area (Å²) >= 11 is 0. The molecule has 12 nitrogen and oxygen atoms in total. The van der Waals surface area contributed by atoms with Crippen LogP contribution in [-0.2, 0) is 54.0 Å². The van der Waals surface area contributed by atoms with E-state index in [0.29, 0.717) is 11.3 Å². The summed E-state index contributed by atoms with van der Waals surface area (Å²) in [4.78, 5) is 48.0. The van der Waals surface area contributed by atoms with Crippen LogP contribution in [0.1, 0.15) is 57.4 Å². The molecule has 0 N–H and O–H groups in total. The highest BCUT2D eigenvalue weighted by atomic mass is 16.7. The van der Waals surface area contributed by atoms with Crippen LogP contribution < -0.4 is 9.47 Å². The number of fused-ring (bicyclic) bond motifs is 1. The summed E-state index contributed by atoms with van der Waals surface area (Å²) in [7, 11) is 0. The smallest absolute Gasteiger partial charge is 0.303 e. The summed E-state index contributed by atoms with van der Waals surface area (Å²) in [5, 5.41) is 0. The molecule has 4 rings (SSSR count). The molecule has 2 heterocycles. The van der Waals surface area contributed by atoms with Gasteiger partial charge in [0.15, 0.2) is 19.0 Å². The van der Waals surface area contributed by atoms with Crippen LogP contribution in [0.2, 0.25) is 0 Å². The van der Waals surface area contributed by atoms with Crippen LogP contribution in [0.5, 0.6) is 11.5 Å². The molecule has 0 bridgehead atoms. The van der Waals surface area contributed by atoms with E-state index in [1.165, 1.54) is 6.92 Å². The van der Waals surface area contributed by atoms with Gasteiger partial charge in [-0.05, 0) is 29.7 Å². The zero-order valence-electron chi connectivity index (χ0n) is 24.0. The standard InChI is InChI=1S/C30H34O12/c1-6-20-10-12-21(13-11-20)26-25-22(36-15-37-26)8-7-9-23(25)41-30-29(40-19(5)34)28(39-18(4)33)27(38-17(3)32)24(42-30)14-35-16(2)31/h7-13,24,26-30H,6,14-15H2,1-5H3. The molecule has 6 unspecified atom stereocenters. The van der Waals surface area contributed by atoms with E-state index in [1.54, 1.807) is 18.2 Å². The monoisotopic (exact) mass is 586 g/mol. The first-order valence-electron chi connectivity index (χ1n) is 13.5. The van der Waals surface area contributed by atoms with Gasteiger partial charge in [0.25, 0.3) is 0 Å². The quantitative estimate of drug-likeness (QED) is 0.315. The minimum atomic E-state index is -1.40. The van der Waals surface area contributed by atoms with Gasteiger partial charge in [-0.3, -0.25) is 19.2 Å². The molecule has 2 aliphatic heterocycles. The van der Waals surface area contributed by atoms with Crippen LogP contribution in [0.4, 0.5) is 0 Å². The van der Waals surface area contributed by atoms with Crippen LogP contribution in [0.3, 0.4) is 0 Å². The Bertz CT molecular complexity index is 1290. The second-order valence-corrected chi connectivity index (χ2v) is 9.76. The van der Waals surface area contributed by atoms with Gasteiger partial charge in [0.05, 0.1) is 5.56 Å². The van der Waals surface area contributed by atoms with Crippen molar-refractivity contribution in [3.63, 3.8) is 0 Å². The van der Waals surface area contributed by atoms with Gasteiger partial charge in [-0.2, -0.15) is 0 Å². The first-order chi connectivity index (χ1) is 20.1. The number of carbonyl (C=O) groups is 4. The molecule has 6 atom stereocenters. The van der Waals surface area contributed by atoms with Crippen molar-refractivity contribution in [3.8, 4) is 11.5 Å². The third kappa shape index (κ3) is 7.37. The number of aryl methyl sites for hydroxylation is 1. The van der Waals surface area contributed by atoms with Crippen molar-refractivity contribution in [1.29, 1.82) is 0 Å². The zero-order valence-corrected chi connectivity index (χ0v) is 24.0. The van der Waals surface area contributed by atoms with Gasteiger partial charge < -0.3 is 37.9 Å². The van der Waals surface area contributed by atoms with Gasteiger partial charge in [0.1, 0.15) is 30.3 Å². The third-order valence-electron chi connectivity index (χ3n) is 6.62. The number of ether oxygens (including phenoxy) is 8. The van der Waals surface area contributed by atoms with Gasteiger partial charge in [0, 0.05) is 27.7 Å². The number of hydrogen-bond donors (Lipinski definition) is 0. The Hall–Kier alpha value is -4.16. The van der Waals surface area contributed by atoms with Crippen LogP contribution in [0, 0.1) is 0 Å². The molecule has 42 heavy (non-hydrogen) atoms. The molecule has 0 spiro atoms. The van der Waals surface area contributed by atoms with E-state index in [-0.39, 0.29) is 19.1 Å². The fourth-order valence-electron chi connectivity index (χ4n) is 4.86. The summed E-state index contributed by atoms with van der Waals surface area (Å²) in [6.45, 7) is 6.37. The lowest BCUT2D eigenvalue weighted by molar-refractivity contribution is -0.288. The molecular weight excluding hydrogens is 552 g/mol. The van der Waals surface area contributed by atoms with Crippen molar-refractivity contribution < 1.29 is 57.1 Å². The Balaban J connectivity index is 1.75. The summed E-state index contributed by atoms with van der Waals surface area (Å²) in [5.41, 5.74) is 2.57. The Labute approximate surface area is 243 Å². The zero-order chi connectivity index (χ0) is 30.4. The molecule has 0 saturated carbocycles. The fraction of sp³-hybridized carbons (Fsp3) is 0.467. The molecule has 0 aromatic heterocycles. The third-order valence-corrected chi connectivity index (χ3v) is 6.62. The molecule has 0 amide bonds. The van der Waals surface area contributed by atoms with Crippen LogP contribution in [0.25, 0.3) is 0 Å². The summed E-state index contributed by atoms with van der Waals surface area (Å²) < 4.78 is 45.8. The second kappa shape index (κ2) is 13.7. The van der Waals surface area contributed by atoms with Gasteiger partial charge in [0.2, 0.25) is 12.4 Å². The largest absolute Gasteiger partial charge is 0.467 e. The van der Waals surface area contributed by atoms with E-state index in [0.717, 1.165) is 38.3 Å². The lowest BCUT2D eigenvalue weighted by Crippen LogP contribution is -2.63. The molecule has 0 aliphatic carbocycles. The van der Waals surface area contributed by atoms with Crippen molar-refractivity contribution in [1.82, 2.24) is 0 Å². The maximum absolute atomic E-state index is 12.2. The average Bonchev–Trinajstić information content (AvgIpc) is 2.94. The highest BCUT2D eigenvalue weighted by Crippen LogP contribution is 2.43. The van der Waals surface area contributed by atoms with Gasteiger partial charge >= 0.3 is 23.9 Å². The van der Waals surface area contributed by atoms with Crippen LogP contribution in [-0.4, -0.2) is 68.0 Å². The fourth-order valence-corrected chi connectivity index (χ4v) is 4.86. The maximum atomic E-state index is 12.2. The number of hydrogen-bond acceptors (Lipinski definition) is 12. The predicted molar refractivity (Wildman–Crippen MR) is 143 cm³/mol. The Morgan fingerprint density at radius 2 is 1.45 bits per heavy atom. The van der Waals surface area contributed by atoms with Gasteiger partial charge in [-0.25, -0.2) is 0 Å². The Morgan fingerprint density at radius 3 is 2.07 bits per heavy atom. The minimum absolute atomic E-state index is 0.00962. The lowest BCUT2D eigenvalue weighted by Gasteiger charge is -2.44. The highest BCUT2D eigenvalue weighted by Gasteiger charge is 2.53. The summed E-state index contributed by atoms with van der Waals surface area (Å²) in [5.74, 6) is -2.03. The van der Waals surface area contributed by atoms with Crippen LogP contribution in [0.15, 0.2) is 42.5 Å². The Kier molecular flexibility index (Phi) is 10.0. The number of rotatable bonds is 9. The van der Waals surface area contributed by atoms with Crippen molar-refractivity contribution in [2.24, 2.45) is 0 Å². The van der Waals surface area contributed by atoms with Crippen molar-refractivity contribution >= 4 is 23.9 Å². The predicted octanol–water partition coefficient (Wildman–Crippen LogP) is 3.17. The Morgan fingerprint density at radius 1 is 0.810 bits per heavy atom. The van der Waals surface area contributed by atoms with Gasteiger partial charge in [-0.1, -0.05) is 37.3 Å². The topological polar surface area (TPSA) is 142 Å². The molecule has 1 saturated heterocycles. The normalized spacial score (nSPS) is 24.8. The van der Waals surface area contributed by atoms with E-state index < -0.39 is 60.7 Å². The molecule has 2 aliphatic rings. The summed E-state index contributed by atoms with van der Waals surface area (Å²) in [6.07, 6.45) is -6.28. The number of esters is 4. The van der Waals surface area contributed by atoms with Crippen LogP contribution >= 0.6 is 0 Å². The number of carbonyl (C=O) groups excluding carboxylic acids is 4. The molecule has 12 heteroatoms. The first-order valence-corrected chi connectivity index (χ1v) is 13.5. The molecule has 2 aromatic rings. The lowest BCUT2D eigenvalue weighted by atomic mass is 9.96. The van der Waals surface area contributed by atoms with E-state index in [2.05, 4.69) is 6.92 Å². The summed E-state index contributed by atoms with van der Waals surface area (Å²) in [6, 6.07) is 13.1. The molecule has 226 valence electrons. The van der Waals surface area contributed by atoms with Crippen molar-refractivity contribution in [2.75, 3.05) is 13.4 Å². The van der Waals surface area contributed by atoms with Crippen molar-refractivity contribution in [3.05, 3.63) is 59.2 Å². The molecular formula is C30H34O12. The van der Waals surface area contributed by atoms with Crippen molar-refractivity contribution in [2.45, 2.75) is 77.8 Å². The van der Waals surface area contributed by atoms with Gasteiger partial charge in [-0.15, -0.1) is 0 Å². The average molecular weight is 587 g/mol. The first kappa shape index (κ1) is 30.8. The highest BCUT2D eigenvalue weighted by molar-refractivity contribution is 5.68. The SMILES string of the molecule is CCc1ccc(C2OCOc3cccc(OC4OC(COC(C)=O)C(OC(C)=O)C(OC(C)=O)C4OC(C)=O)c32)cc1. The number of benzene rings is 2. The van der Waals surface area contributed by atoms with E-state index in [9.17, 15) is 19.2 Å². The molecule has 2 aromatic carbocycles. The molecule has 1 fully saturated rings. The minimum Gasteiger partial charge on any atom is -0.467 e. The van der Waals surface area contributed by atoms with E-state index in [1.807, 2.05) is 24.3 Å². The maximum Gasteiger partial charge on any atom is 0.303 e. The van der Waals surface area contributed by atoms with E-state index in [4.69, 9.17) is 37.9 Å².